The summed E-state index contributed by atoms with van der Waals surface area (Å²) in [6.45, 7) is 7.09. The van der Waals surface area contributed by atoms with Crippen molar-refractivity contribution < 1.29 is 9.59 Å². The molecule has 3 saturated heterocycles. The number of nitrogens with one attached hydrogen (secondary N) is 2. The van der Waals surface area contributed by atoms with Crippen molar-refractivity contribution in [3.8, 4) is 0 Å². The molecule has 6 nitrogen and oxygen atoms in total. The van der Waals surface area contributed by atoms with Gasteiger partial charge < -0.3 is 20.4 Å². The molecule has 0 aromatic heterocycles. The van der Waals surface area contributed by atoms with E-state index in [-0.39, 0.29) is 30.4 Å². The van der Waals surface area contributed by atoms with E-state index in [9.17, 15) is 9.59 Å². The van der Waals surface area contributed by atoms with Crippen LogP contribution in [0.1, 0.15) is 26.2 Å². The second kappa shape index (κ2) is 7.51. The highest BCUT2D eigenvalue weighted by molar-refractivity contribution is 5.85. The van der Waals surface area contributed by atoms with E-state index in [0.717, 1.165) is 13.1 Å². The molecule has 0 aliphatic carbocycles. The third-order valence-electron chi connectivity index (χ3n) is 5.27. The smallest absolute Gasteiger partial charge is 0.317 e. The minimum atomic E-state index is 0. The lowest BCUT2D eigenvalue weighted by atomic mass is 9.84. The zero-order chi connectivity index (χ0) is 14.8. The van der Waals surface area contributed by atoms with Gasteiger partial charge >= 0.3 is 6.03 Å². The van der Waals surface area contributed by atoms with Crippen molar-refractivity contribution >= 4 is 24.3 Å². The molecule has 3 amide bonds. The minimum absolute atomic E-state index is 0. The Morgan fingerprint density at radius 2 is 2.05 bits per heavy atom. The third-order valence-corrected chi connectivity index (χ3v) is 5.27. The fourth-order valence-electron chi connectivity index (χ4n) is 3.82. The molecule has 3 heterocycles. The molecular weight excluding hydrogens is 304 g/mol. The van der Waals surface area contributed by atoms with Gasteiger partial charge in [0.1, 0.15) is 0 Å². The fraction of sp³-hybridized carbons (Fsp3) is 0.867. The summed E-state index contributed by atoms with van der Waals surface area (Å²) in [7, 11) is 0. The molecule has 2 atom stereocenters. The van der Waals surface area contributed by atoms with Crippen LogP contribution in [0.3, 0.4) is 0 Å². The highest BCUT2D eigenvalue weighted by atomic mass is 35.5. The molecule has 0 spiro atoms. The number of hydrogen-bond acceptors (Lipinski definition) is 3. The van der Waals surface area contributed by atoms with Gasteiger partial charge in [0.25, 0.3) is 0 Å². The first-order valence-corrected chi connectivity index (χ1v) is 8.18. The van der Waals surface area contributed by atoms with Crippen LogP contribution >= 0.6 is 12.4 Å². The van der Waals surface area contributed by atoms with Gasteiger partial charge in [-0.2, -0.15) is 0 Å². The topological polar surface area (TPSA) is 64.7 Å². The Morgan fingerprint density at radius 3 is 2.77 bits per heavy atom. The Bertz CT molecular complexity index is 414. The summed E-state index contributed by atoms with van der Waals surface area (Å²) >= 11 is 0. The third kappa shape index (κ3) is 3.66. The first-order valence-electron chi connectivity index (χ1n) is 8.18. The predicted octanol–water partition coefficient (Wildman–Crippen LogP) is 0.670. The van der Waals surface area contributed by atoms with E-state index >= 15 is 0 Å². The number of hydrogen-bond donors (Lipinski definition) is 2. The van der Waals surface area contributed by atoms with Gasteiger partial charge in [0.05, 0.1) is 6.04 Å². The molecule has 126 valence electrons. The normalized spacial score (nSPS) is 27.0. The Hall–Kier alpha value is -1.01. The molecule has 2 unspecified atom stereocenters. The van der Waals surface area contributed by atoms with Crippen molar-refractivity contribution in [3.05, 3.63) is 0 Å². The number of rotatable bonds is 3. The van der Waals surface area contributed by atoms with Gasteiger partial charge in [-0.1, -0.05) is 6.92 Å². The highest BCUT2D eigenvalue weighted by Crippen LogP contribution is 2.25. The highest BCUT2D eigenvalue weighted by Gasteiger charge is 2.37. The number of carbonyl (C=O) groups excluding carboxylic acids is 2. The lowest BCUT2D eigenvalue weighted by Crippen LogP contribution is -2.54. The van der Waals surface area contributed by atoms with Crippen LogP contribution < -0.4 is 10.6 Å². The molecule has 3 rings (SSSR count). The molecule has 0 saturated carbocycles. The first-order chi connectivity index (χ1) is 10.1. The molecule has 2 N–H and O–H groups in total. The number of halogens is 1. The number of nitrogens with zero attached hydrogens (tertiary/aromatic N) is 2. The molecule has 3 aliphatic rings. The number of carbonyl (C=O) groups is 2. The summed E-state index contributed by atoms with van der Waals surface area (Å²) in [5, 5.41) is 6.23. The number of piperidine rings is 1. The van der Waals surface area contributed by atoms with Crippen molar-refractivity contribution in [1.29, 1.82) is 0 Å². The first kappa shape index (κ1) is 17.3. The Balaban J connectivity index is 0.00000176. The molecule has 3 fully saturated rings. The van der Waals surface area contributed by atoms with Crippen LogP contribution in [0.25, 0.3) is 0 Å². The molecular formula is C15H27ClN4O2. The van der Waals surface area contributed by atoms with Gasteiger partial charge in [-0.05, 0) is 37.8 Å². The fourth-order valence-corrected chi connectivity index (χ4v) is 3.82. The van der Waals surface area contributed by atoms with Crippen LogP contribution in [0.4, 0.5) is 4.79 Å². The van der Waals surface area contributed by atoms with Crippen molar-refractivity contribution in [3.63, 3.8) is 0 Å². The SMILES string of the molecule is CC(CC(=O)N1CCN2C(=O)NCC2C1)C1CCNCC1.Cl. The van der Waals surface area contributed by atoms with E-state index in [1.165, 1.54) is 12.8 Å². The number of piperazine rings is 1. The molecule has 0 bridgehead atoms. The zero-order valence-corrected chi connectivity index (χ0v) is 14.0. The van der Waals surface area contributed by atoms with E-state index < -0.39 is 0 Å². The Labute approximate surface area is 138 Å². The Kier molecular flexibility index (Phi) is 5.92. The molecule has 0 aromatic rings. The van der Waals surface area contributed by atoms with E-state index in [0.29, 0.717) is 44.4 Å². The van der Waals surface area contributed by atoms with Crippen LogP contribution in [-0.4, -0.2) is 67.0 Å². The van der Waals surface area contributed by atoms with Crippen LogP contribution in [0.5, 0.6) is 0 Å². The van der Waals surface area contributed by atoms with Gasteiger partial charge in [-0.25, -0.2) is 4.79 Å². The second-order valence-electron chi connectivity index (χ2n) is 6.64. The zero-order valence-electron chi connectivity index (χ0n) is 13.2. The van der Waals surface area contributed by atoms with E-state index in [2.05, 4.69) is 17.6 Å². The van der Waals surface area contributed by atoms with E-state index in [4.69, 9.17) is 0 Å². The minimum Gasteiger partial charge on any atom is -0.339 e. The van der Waals surface area contributed by atoms with Gasteiger partial charge in [0.15, 0.2) is 0 Å². The monoisotopic (exact) mass is 330 g/mol. The van der Waals surface area contributed by atoms with Crippen LogP contribution in [0.15, 0.2) is 0 Å². The van der Waals surface area contributed by atoms with Gasteiger partial charge in [0, 0.05) is 32.6 Å². The molecule has 0 radical (unpaired) electrons. The number of fused-ring (bicyclic) bond motifs is 1. The van der Waals surface area contributed by atoms with Crippen molar-refractivity contribution in [2.75, 3.05) is 39.3 Å². The van der Waals surface area contributed by atoms with Gasteiger partial charge in [-0.3, -0.25) is 4.79 Å². The largest absolute Gasteiger partial charge is 0.339 e. The van der Waals surface area contributed by atoms with Crippen molar-refractivity contribution in [1.82, 2.24) is 20.4 Å². The van der Waals surface area contributed by atoms with E-state index in [1.54, 1.807) is 0 Å². The maximum Gasteiger partial charge on any atom is 0.317 e. The van der Waals surface area contributed by atoms with E-state index in [1.807, 2.05) is 9.80 Å². The lowest BCUT2D eigenvalue weighted by Gasteiger charge is -2.37. The molecule has 0 aromatic carbocycles. The summed E-state index contributed by atoms with van der Waals surface area (Å²) in [4.78, 5) is 27.9. The molecule has 22 heavy (non-hydrogen) atoms. The summed E-state index contributed by atoms with van der Waals surface area (Å²) < 4.78 is 0. The van der Waals surface area contributed by atoms with Crippen molar-refractivity contribution in [2.45, 2.75) is 32.2 Å². The summed E-state index contributed by atoms with van der Waals surface area (Å²) in [6.07, 6.45) is 3.02. The predicted molar refractivity (Wildman–Crippen MR) is 87.1 cm³/mol. The second-order valence-corrected chi connectivity index (χ2v) is 6.64. The summed E-state index contributed by atoms with van der Waals surface area (Å²) in [6, 6.07) is 0.194. The van der Waals surface area contributed by atoms with Crippen LogP contribution in [-0.2, 0) is 4.79 Å². The van der Waals surface area contributed by atoms with Crippen molar-refractivity contribution in [2.24, 2.45) is 11.8 Å². The molecule has 3 aliphatic heterocycles. The van der Waals surface area contributed by atoms with Gasteiger partial charge in [0.2, 0.25) is 5.91 Å². The van der Waals surface area contributed by atoms with Crippen LogP contribution in [0, 0.1) is 11.8 Å². The maximum atomic E-state index is 12.5. The average molecular weight is 331 g/mol. The quantitative estimate of drug-likeness (QED) is 0.799. The van der Waals surface area contributed by atoms with Gasteiger partial charge in [-0.15, -0.1) is 12.4 Å². The lowest BCUT2D eigenvalue weighted by molar-refractivity contribution is -0.134. The number of urea groups is 1. The summed E-state index contributed by atoms with van der Waals surface area (Å²) in [5.41, 5.74) is 0. The maximum absolute atomic E-state index is 12.5. The average Bonchev–Trinajstić information content (AvgIpc) is 2.89. The standard InChI is InChI=1S/C15H26N4O2.ClH/c1-11(12-2-4-16-5-3-12)8-14(20)18-6-7-19-13(10-18)9-17-15(19)21;/h11-13,16H,2-10H2,1H3,(H,17,21);1H. The summed E-state index contributed by atoms with van der Waals surface area (Å²) in [5.74, 6) is 1.40. The Morgan fingerprint density at radius 1 is 1.32 bits per heavy atom. The molecule has 7 heteroatoms. The van der Waals surface area contributed by atoms with Crippen LogP contribution in [0.2, 0.25) is 0 Å². The number of amides is 3.